The molecule has 0 spiro atoms. The average molecular weight is 424 g/mol. The molecule has 9 heteroatoms. The molecule has 0 radical (unpaired) electrons. The molecule has 0 aromatic carbocycles. The van der Waals surface area contributed by atoms with E-state index in [1.165, 1.54) is 0 Å². The molecule has 0 fully saturated rings. The zero-order valence-corrected chi connectivity index (χ0v) is 17.9. The van der Waals surface area contributed by atoms with E-state index in [9.17, 15) is 4.80 Å². The van der Waals surface area contributed by atoms with Crippen LogP contribution >= 0.6 is 0 Å². The van der Waals surface area contributed by atoms with Crippen LogP contribution in [0.3, 0.4) is 0 Å². The summed E-state index contributed by atoms with van der Waals surface area (Å²) in [5, 5.41) is 7.00. The van der Waals surface area contributed by atoms with Gasteiger partial charge in [-0.25, -0.2) is 0 Å². The maximum Gasteiger partial charge on any atom is 0.676 e. The van der Waals surface area contributed by atoms with Gasteiger partial charge in [-0.2, -0.15) is 0 Å². The van der Waals surface area contributed by atoms with Crippen molar-refractivity contribution in [1.29, 1.82) is 0 Å². The molecule has 138 valence electrons. The van der Waals surface area contributed by atoms with Gasteiger partial charge in [0.1, 0.15) is 0 Å². The Balaban J connectivity index is -0.000000184. The molecule has 0 saturated heterocycles. The van der Waals surface area contributed by atoms with Crippen LogP contribution < -0.4 is 0 Å². The zero-order chi connectivity index (χ0) is 15.0. The molecule has 6 N–H and O–H groups in total. The van der Waals surface area contributed by atoms with Gasteiger partial charge in [0.15, 0.2) is 0 Å². The minimum atomic E-state index is -3.36. The van der Waals surface area contributed by atoms with Crippen LogP contribution in [0.15, 0.2) is 0 Å². The van der Waals surface area contributed by atoms with Gasteiger partial charge < -0.3 is 34.1 Å². The Morgan fingerprint density at radius 3 is 1.09 bits per heavy atom. The first-order valence-corrected chi connectivity index (χ1v) is 8.94. The number of rotatable bonds is 12. The second kappa shape index (κ2) is 26.7. The summed E-state index contributed by atoms with van der Waals surface area (Å²) < 4.78 is 16.2. The fourth-order valence-corrected chi connectivity index (χ4v) is 2.62. The standard InChI is InChI=1S/C12H28O4Si.CH4O.2H2O.Zr/c1-4-7-10-14-17(13,15-11-8-5-2)16-12-9-6-3;1-2;;;/h13H,4-12H2,1-3H3;2H,1H3;2*1H2;. The van der Waals surface area contributed by atoms with Gasteiger partial charge in [-0.05, 0) is 19.3 Å². The van der Waals surface area contributed by atoms with E-state index in [-0.39, 0.29) is 37.2 Å². The average Bonchev–Trinajstić information content (AvgIpc) is 2.42. The fourth-order valence-electron chi connectivity index (χ4n) is 1.16. The number of unbranched alkanes of at least 4 members (excludes halogenated alkanes) is 3. The van der Waals surface area contributed by atoms with E-state index in [1.807, 2.05) is 0 Å². The van der Waals surface area contributed by atoms with Crippen molar-refractivity contribution in [2.45, 2.75) is 59.3 Å². The molecule has 0 atom stereocenters. The van der Waals surface area contributed by atoms with Gasteiger partial charge in [-0.3, -0.25) is 0 Å². The molecule has 0 aliphatic carbocycles. The van der Waals surface area contributed by atoms with Crippen LogP contribution in [0.4, 0.5) is 0 Å². The molecule has 0 heterocycles. The topological polar surface area (TPSA) is 131 Å². The Morgan fingerprint density at radius 1 is 0.682 bits per heavy atom. The molecule has 0 bridgehead atoms. The maximum absolute atomic E-state index is 10.2. The fraction of sp³-hybridized carbons (Fsp3) is 1.00. The summed E-state index contributed by atoms with van der Waals surface area (Å²) in [7, 11) is -2.36. The Morgan fingerprint density at radius 2 is 0.909 bits per heavy atom. The smallest absolute Gasteiger partial charge is 0.412 e. The third kappa shape index (κ3) is 23.1. The summed E-state index contributed by atoms with van der Waals surface area (Å²) in [4.78, 5) is 10.2. The molecule has 0 rings (SSSR count). The van der Waals surface area contributed by atoms with Crippen LogP contribution in [0.2, 0.25) is 0 Å². The summed E-state index contributed by atoms with van der Waals surface area (Å²) in [6, 6.07) is 0. The minimum Gasteiger partial charge on any atom is -0.412 e. The zero-order valence-electron chi connectivity index (χ0n) is 14.5. The van der Waals surface area contributed by atoms with Crippen molar-refractivity contribution in [3.63, 3.8) is 0 Å². The van der Waals surface area contributed by atoms with Gasteiger partial charge in [-0.15, -0.1) is 0 Å². The second-order valence-corrected chi connectivity index (χ2v) is 6.04. The normalized spacial score (nSPS) is 9.55. The van der Waals surface area contributed by atoms with Crippen molar-refractivity contribution in [3.05, 3.63) is 0 Å². The van der Waals surface area contributed by atoms with Crippen LogP contribution in [0.1, 0.15) is 59.3 Å². The first-order valence-electron chi connectivity index (χ1n) is 7.27. The SMILES string of the molecule is CCCCO[Si](O)(OCCCC)OCCCC.CO.O.O.[Zr]. The molecule has 0 unspecified atom stereocenters. The van der Waals surface area contributed by atoms with E-state index < -0.39 is 9.05 Å². The van der Waals surface area contributed by atoms with Crippen molar-refractivity contribution < 1.29 is 60.3 Å². The summed E-state index contributed by atoms with van der Waals surface area (Å²) in [5.74, 6) is 0. The van der Waals surface area contributed by atoms with Crippen molar-refractivity contribution in [2.75, 3.05) is 26.9 Å². The summed E-state index contributed by atoms with van der Waals surface area (Å²) >= 11 is 0. The Hall–Kier alpha value is 0.820. The van der Waals surface area contributed by atoms with Crippen molar-refractivity contribution in [2.24, 2.45) is 0 Å². The molecular weight excluding hydrogens is 387 g/mol. The Labute approximate surface area is 155 Å². The number of hydrogen-bond acceptors (Lipinski definition) is 5. The number of hydrogen-bond donors (Lipinski definition) is 2. The summed E-state index contributed by atoms with van der Waals surface area (Å²) in [6.45, 7) is 7.78. The van der Waals surface area contributed by atoms with Crippen LogP contribution in [0, 0.1) is 0 Å². The monoisotopic (exact) mass is 422 g/mol. The molecule has 0 amide bonds. The largest absolute Gasteiger partial charge is 0.676 e. The van der Waals surface area contributed by atoms with Gasteiger partial charge in [-0.1, -0.05) is 40.0 Å². The number of aliphatic hydroxyl groups excluding tert-OH is 1. The van der Waals surface area contributed by atoms with Gasteiger partial charge in [0, 0.05) is 53.1 Å². The summed E-state index contributed by atoms with van der Waals surface area (Å²) in [6.07, 6.45) is 5.87. The third-order valence-electron chi connectivity index (χ3n) is 2.35. The Kier molecular flexibility index (Phi) is 41.5. The van der Waals surface area contributed by atoms with Gasteiger partial charge in [0.05, 0.1) is 0 Å². The van der Waals surface area contributed by atoms with E-state index in [1.54, 1.807) is 0 Å². The number of aliphatic hydroxyl groups is 1. The van der Waals surface area contributed by atoms with Gasteiger partial charge in [0.2, 0.25) is 0 Å². The van der Waals surface area contributed by atoms with Crippen LogP contribution in [-0.4, -0.2) is 56.8 Å². The maximum atomic E-state index is 10.2. The molecule has 0 aliphatic heterocycles. The summed E-state index contributed by atoms with van der Waals surface area (Å²) in [5.41, 5.74) is 0. The van der Waals surface area contributed by atoms with Crippen molar-refractivity contribution in [1.82, 2.24) is 0 Å². The van der Waals surface area contributed by atoms with Crippen molar-refractivity contribution in [3.8, 4) is 0 Å². The van der Waals surface area contributed by atoms with Gasteiger partial charge in [0.25, 0.3) is 0 Å². The van der Waals surface area contributed by atoms with E-state index in [4.69, 9.17) is 18.4 Å². The predicted molar refractivity (Wildman–Crippen MR) is 85.9 cm³/mol. The molecule has 0 aromatic heterocycles. The minimum absolute atomic E-state index is 0. The van der Waals surface area contributed by atoms with E-state index in [0.29, 0.717) is 19.8 Å². The molecule has 7 nitrogen and oxygen atoms in total. The van der Waals surface area contributed by atoms with Crippen LogP contribution in [-0.2, 0) is 39.5 Å². The van der Waals surface area contributed by atoms with E-state index in [0.717, 1.165) is 45.6 Å². The van der Waals surface area contributed by atoms with Crippen molar-refractivity contribution >= 4 is 9.05 Å². The molecular formula is C13H36O7SiZr. The quantitative estimate of drug-likeness (QED) is 0.354. The first kappa shape index (κ1) is 34.2. The molecule has 0 saturated carbocycles. The molecule has 0 aromatic rings. The Bertz CT molecular complexity index is 152. The predicted octanol–water partition coefficient (Wildman–Crippen LogP) is 0.821. The second-order valence-electron chi connectivity index (χ2n) is 4.13. The van der Waals surface area contributed by atoms with E-state index in [2.05, 4.69) is 20.8 Å². The van der Waals surface area contributed by atoms with Crippen LogP contribution in [0.5, 0.6) is 0 Å². The first-order chi connectivity index (χ1) is 9.18. The van der Waals surface area contributed by atoms with E-state index >= 15 is 0 Å². The van der Waals surface area contributed by atoms with Crippen LogP contribution in [0.25, 0.3) is 0 Å². The molecule has 0 aliphatic rings. The third-order valence-corrected chi connectivity index (χ3v) is 4.05. The van der Waals surface area contributed by atoms with Gasteiger partial charge >= 0.3 is 9.05 Å². The molecule has 22 heavy (non-hydrogen) atoms.